The summed E-state index contributed by atoms with van der Waals surface area (Å²) in [6, 6.07) is 9.19. The Morgan fingerprint density at radius 3 is 2.57 bits per heavy atom. The van der Waals surface area contributed by atoms with Crippen LogP contribution in [0, 0.1) is 5.92 Å². The van der Waals surface area contributed by atoms with E-state index in [0.29, 0.717) is 25.8 Å². The fraction of sp³-hybridized carbons (Fsp3) is 0.522. The number of carbonyl (C=O) groups excluding carboxylic acids is 3. The van der Waals surface area contributed by atoms with Gasteiger partial charge in [-0.25, -0.2) is 5.48 Å². The van der Waals surface area contributed by atoms with E-state index >= 15 is 0 Å². The number of likely N-dealkylation sites (N-methyl/N-ethyl adjacent to an activating group) is 1. The van der Waals surface area contributed by atoms with Crippen molar-refractivity contribution in [2.75, 3.05) is 13.6 Å². The van der Waals surface area contributed by atoms with Gasteiger partial charge < -0.3 is 10.2 Å². The molecule has 0 aromatic heterocycles. The maximum atomic E-state index is 13.0. The predicted molar refractivity (Wildman–Crippen MR) is 115 cm³/mol. The van der Waals surface area contributed by atoms with Crippen LogP contribution in [-0.4, -0.2) is 47.5 Å². The zero-order valence-corrected chi connectivity index (χ0v) is 17.7. The van der Waals surface area contributed by atoms with Gasteiger partial charge in [-0.15, -0.1) is 0 Å². The Morgan fingerprint density at radius 2 is 1.87 bits per heavy atom. The average molecular weight is 416 g/mol. The summed E-state index contributed by atoms with van der Waals surface area (Å²) < 4.78 is 0. The fourth-order valence-electron chi connectivity index (χ4n) is 3.64. The van der Waals surface area contributed by atoms with Crippen LogP contribution in [0.1, 0.15) is 50.5 Å². The van der Waals surface area contributed by atoms with Crippen molar-refractivity contribution in [2.24, 2.45) is 5.92 Å². The van der Waals surface area contributed by atoms with Gasteiger partial charge in [-0.2, -0.15) is 0 Å². The second-order valence-corrected chi connectivity index (χ2v) is 7.83. The lowest BCUT2D eigenvalue weighted by Gasteiger charge is -2.26. The second kappa shape index (κ2) is 12.8. The Bertz CT molecular complexity index is 720. The van der Waals surface area contributed by atoms with Crippen LogP contribution in [0.4, 0.5) is 0 Å². The SMILES string of the molecule is CN1CCC/C=C/CCCC(CC(=O)NO)C(=O)NC(CCc2ccccc2)C1=O. The average Bonchev–Trinajstić information content (AvgIpc) is 2.76. The summed E-state index contributed by atoms with van der Waals surface area (Å²) in [6.07, 6.45) is 9.09. The van der Waals surface area contributed by atoms with Gasteiger partial charge in [-0.1, -0.05) is 42.5 Å². The number of nitrogens with zero attached hydrogens (tertiary/aromatic N) is 1. The number of amides is 3. The van der Waals surface area contributed by atoms with Gasteiger partial charge in [0.15, 0.2) is 0 Å². The minimum absolute atomic E-state index is 0.110. The molecule has 0 saturated heterocycles. The highest BCUT2D eigenvalue weighted by atomic mass is 16.5. The third kappa shape index (κ3) is 7.99. The van der Waals surface area contributed by atoms with Crippen LogP contribution in [0.25, 0.3) is 0 Å². The van der Waals surface area contributed by atoms with Crippen LogP contribution < -0.4 is 10.8 Å². The molecule has 1 heterocycles. The number of hydrogen-bond donors (Lipinski definition) is 3. The summed E-state index contributed by atoms with van der Waals surface area (Å²) in [7, 11) is 1.76. The van der Waals surface area contributed by atoms with E-state index in [1.807, 2.05) is 30.3 Å². The molecule has 1 aliphatic heterocycles. The normalized spacial score (nSPS) is 22.7. The van der Waals surface area contributed by atoms with Crippen LogP contribution in [0.3, 0.4) is 0 Å². The van der Waals surface area contributed by atoms with E-state index in [1.165, 1.54) is 0 Å². The standard InChI is InChI=1S/C23H33N3O4/c1-26-16-10-5-3-2-4-9-13-19(17-21(27)25-30)22(28)24-20(23(26)29)15-14-18-11-7-6-8-12-18/h2-3,6-8,11-12,19-20,30H,4-5,9-10,13-17H2,1H3,(H,24,28)(H,25,27)/b3-2+. The van der Waals surface area contributed by atoms with Crippen LogP contribution in [-0.2, 0) is 20.8 Å². The maximum Gasteiger partial charge on any atom is 0.244 e. The van der Waals surface area contributed by atoms with E-state index in [-0.39, 0.29) is 18.2 Å². The van der Waals surface area contributed by atoms with Crippen molar-refractivity contribution in [1.82, 2.24) is 15.7 Å². The molecular weight excluding hydrogens is 382 g/mol. The van der Waals surface area contributed by atoms with Gasteiger partial charge >= 0.3 is 0 Å². The molecule has 0 saturated carbocycles. The molecule has 0 fully saturated rings. The molecule has 3 amide bonds. The number of aryl methyl sites for hydroxylation is 1. The highest BCUT2D eigenvalue weighted by Crippen LogP contribution is 2.16. The smallest absolute Gasteiger partial charge is 0.244 e. The summed E-state index contributed by atoms with van der Waals surface area (Å²) >= 11 is 0. The predicted octanol–water partition coefficient (Wildman–Crippen LogP) is 2.59. The van der Waals surface area contributed by atoms with Crippen molar-refractivity contribution in [3.05, 3.63) is 48.0 Å². The topological polar surface area (TPSA) is 98.7 Å². The molecule has 0 radical (unpaired) electrons. The zero-order chi connectivity index (χ0) is 21.8. The van der Waals surface area contributed by atoms with Crippen molar-refractivity contribution in [3.8, 4) is 0 Å². The first-order chi connectivity index (χ1) is 14.5. The molecule has 2 rings (SSSR count). The quantitative estimate of drug-likeness (QED) is 0.391. The molecule has 7 heteroatoms. The second-order valence-electron chi connectivity index (χ2n) is 7.83. The number of hydroxylamine groups is 1. The molecule has 2 atom stereocenters. The molecule has 1 aromatic rings. The molecule has 2 unspecified atom stereocenters. The van der Waals surface area contributed by atoms with E-state index in [1.54, 1.807) is 17.4 Å². The molecule has 0 aliphatic carbocycles. The van der Waals surface area contributed by atoms with Gasteiger partial charge in [0.25, 0.3) is 0 Å². The highest BCUT2D eigenvalue weighted by Gasteiger charge is 2.28. The van der Waals surface area contributed by atoms with E-state index < -0.39 is 17.9 Å². The highest BCUT2D eigenvalue weighted by molar-refractivity contribution is 5.90. The Morgan fingerprint density at radius 1 is 1.17 bits per heavy atom. The van der Waals surface area contributed by atoms with Gasteiger partial charge in [0.2, 0.25) is 17.7 Å². The molecule has 0 spiro atoms. The van der Waals surface area contributed by atoms with E-state index in [0.717, 1.165) is 31.2 Å². The Labute approximate surface area is 178 Å². The summed E-state index contributed by atoms with van der Waals surface area (Å²) in [5.41, 5.74) is 2.70. The van der Waals surface area contributed by atoms with Gasteiger partial charge in [0.1, 0.15) is 6.04 Å². The summed E-state index contributed by atoms with van der Waals surface area (Å²) in [5.74, 6) is -1.63. The summed E-state index contributed by atoms with van der Waals surface area (Å²) in [5, 5.41) is 11.8. The largest absolute Gasteiger partial charge is 0.344 e. The zero-order valence-electron chi connectivity index (χ0n) is 17.7. The van der Waals surface area contributed by atoms with E-state index in [9.17, 15) is 14.4 Å². The number of carbonyl (C=O) groups is 3. The number of allylic oxidation sites excluding steroid dienone is 2. The van der Waals surface area contributed by atoms with Crippen molar-refractivity contribution in [1.29, 1.82) is 0 Å². The van der Waals surface area contributed by atoms with Gasteiger partial charge in [-0.05, 0) is 50.5 Å². The lowest BCUT2D eigenvalue weighted by atomic mass is 9.95. The van der Waals surface area contributed by atoms with Gasteiger partial charge in [0.05, 0.1) is 0 Å². The Kier molecular flexibility index (Phi) is 10.1. The summed E-state index contributed by atoms with van der Waals surface area (Å²) in [6.45, 7) is 0.622. The molecule has 0 bridgehead atoms. The summed E-state index contributed by atoms with van der Waals surface area (Å²) in [4.78, 5) is 39.3. The fourth-order valence-corrected chi connectivity index (χ4v) is 3.64. The molecular formula is C23H33N3O4. The molecule has 1 aliphatic rings. The van der Waals surface area contributed by atoms with Crippen molar-refractivity contribution in [3.63, 3.8) is 0 Å². The number of benzene rings is 1. The van der Waals surface area contributed by atoms with Crippen LogP contribution >= 0.6 is 0 Å². The van der Waals surface area contributed by atoms with Crippen molar-refractivity contribution in [2.45, 2.75) is 57.4 Å². The van der Waals surface area contributed by atoms with Crippen LogP contribution in [0.2, 0.25) is 0 Å². The molecule has 164 valence electrons. The first-order valence-electron chi connectivity index (χ1n) is 10.7. The van der Waals surface area contributed by atoms with Gasteiger partial charge in [-0.3, -0.25) is 19.6 Å². The number of hydrogen-bond acceptors (Lipinski definition) is 4. The lowest BCUT2D eigenvalue weighted by Crippen LogP contribution is -2.49. The van der Waals surface area contributed by atoms with E-state index in [2.05, 4.69) is 17.5 Å². The van der Waals surface area contributed by atoms with Crippen LogP contribution in [0.15, 0.2) is 42.5 Å². The molecule has 3 N–H and O–H groups in total. The Hall–Kier alpha value is -2.67. The first-order valence-corrected chi connectivity index (χ1v) is 10.7. The first kappa shape index (κ1) is 23.6. The lowest BCUT2D eigenvalue weighted by molar-refractivity contribution is -0.138. The third-order valence-corrected chi connectivity index (χ3v) is 5.44. The van der Waals surface area contributed by atoms with Crippen molar-refractivity contribution >= 4 is 17.7 Å². The van der Waals surface area contributed by atoms with Crippen molar-refractivity contribution < 1.29 is 19.6 Å². The minimum atomic E-state index is -0.652. The number of nitrogens with one attached hydrogen (secondary N) is 2. The van der Waals surface area contributed by atoms with Gasteiger partial charge in [0, 0.05) is 25.9 Å². The minimum Gasteiger partial charge on any atom is -0.344 e. The van der Waals surface area contributed by atoms with Crippen LogP contribution in [0.5, 0.6) is 0 Å². The van der Waals surface area contributed by atoms with E-state index in [4.69, 9.17) is 5.21 Å². The molecule has 1 aromatic carbocycles. The molecule has 30 heavy (non-hydrogen) atoms. The Balaban J connectivity index is 2.16. The number of rotatable bonds is 5. The maximum absolute atomic E-state index is 13.0. The monoisotopic (exact) mass is 415 g/mol. The third-order valence-electron chi connectivity index (χ3n) is 5.44. The molecule has 7 nitrogen and oxygen atoms in total.